The summed E-state index contributed by atoms with van der Waals surface area (Å²) >= 11 is 16.2. The van der Waals surface area contributed by atoms with Crippen LogP contribution in [0.5, 0.6) is 0 Å². The van der Waals surface area contributed by atoms with Crippen LogP contribution in [-0.4, -0.2) is 16.3 Å². The number of benzene rings is 1. The van der Waals surface area contributed by atoms with Gasteiger partial charge in [0.1, 0.15) is 0 Å². The molecule has 2 rings (SSSR count). The van der Waals surface area contributed by atoms with E-state index in [-0.39, 0.29) is 6.04 Å². The van der Waals surface area contributed by atoms with Gasteiger partial charge >= 0.3 is 0 Å². The summed E-state index contributed by atoms with van der Waals surface area (Å²) in [6.07, 6.45) is 2.68. The summed E-state index contributed by atoms with van der Waals surface area (Å²) in [6.45, 7) is 2.99. The quantitative estimate of drug-likeness (QED) is 0.827. The van der Waals surface area contributed by atoms with Crippen LogP contribution in [0.3, 0.4) is 0 Å². The smallest absolute Gasteiger partial charge is 0.0837 e. The van der Waals surface area contributed by atoms with E-state index in [1.54, 1.807) is 10.9 Å². The van der Waals surface area contributed by atoms with E-state index < -0.39 is 0 Å². The highest BCUT2D eigenvalue weighted by atomic mass is 79.9. The molecule has 0 bridgehead atoms. The number of aryl methyl sites for hydroxylation is 1. The molecule has 1 aromatic carbocycles. The molecule has 0 spiro atoms. The van der Waals surface area contributed by atoms with E-state index in [1.807, 2.05) is 25.2 Å². The summed E-state index contributed by atoms with van der Waals surface area (Å²) in [7, 11) is 1.88. The van der Waals surface area contributed by atoms with Gasteiger partial charge in [0.2, 0.25) is 0 Å². The molecular formula is C14H16BrCl2N3. The maximum absolute atomic E-state index is 6.43. The first-order valence-corrected chi connectivity index (χ1v) is 7.95. The van der Waals surface area contributed by atoms with Crippen LogP contribution in [0.1, 0.15) is 30.6 Å². The molecular weight excluding hydrogens is 361 g/mol. The molecule has 1 N–H and O–H groups in total. The maximum atomic E-state index is 6.43. The van der Waals surface area contributed by atoms with Gasteiger partial charge in [-0.05, 0) is 40.5 Å². The largest absolute Gasteiger partial charge is 0.305 e. The van der Waals surface area contributed by atoms with Crippen molar-refractivity contribution in [1.82, 2.24) is 15.1 Å². The minimum absolute atomic E-state index is 0.0834. The van der Waals surface area contributed by atoms with Crippen LogP contribution in [0.4, 0.5) is 0 Å². The molecule has 108 valence electrons. The topological polar surface area (TPSA) is 29.9 Å². The van der Waals surface area contributed by atoms with Gasteiger partial charge in [-0.1, -0.05) is 42.3 Å². The predicted octanol–water partition coefficient (Wildman–Crippen LogP) is 4.58. The zero-order chi connectivity index (χ0) is 14.7. The number of hydrogen-bond donors (Lipinski definition) is 1. The highest BCUT2D eigenvalue weighted by Gasteiger charge is 2.23. The van der Waals surface area contributed by atoms with Crippen molar-refractivity contribution in [3.63, 3.8) is 0 Å². The van der Waals surface area contributed by atoms with Crippen LogP contribution in [0, 0.1) is 0 Å². The van der Waals surface area contributed by atoms with Crippen LogP contribution in [0.15, 0.2) is 28.9 Å². The first-order chi connectivity index (χ1) is 9.56. The fourth-order valence-corrected chi connectivity index (χ4v) is 3.02. The zero-order valence-electron chi connectivity index (χ0n) is 11.3. The van der Waals surface area contributed by atoms with Crippen LogP contribution >= 0.6 is 39.1 Å². The fourth-order valence-electron chi connectivity index (χ4n) is 2.13. The van der Waals surface area contributed by atoms with E-state index >= 15 is 0 Å². The second-order valence-corrected chi connectivity index (χ2v) is 6.17. The molecule has 1 aromatic heterocycles. The molecule has 0 saturated heterocycles. The van der Waals surface area contributed by atoms with Crippen molar-refractivity contribution in [3.05, 3.63) is 50.2 Å². The SMILES string of the molecule is CCCNC(c1cccc(Br)c1Cl)c1c(Cl)cnn1C. The first kappa shape index (κ1) is 15.8. The van der Waals surface area contributed by atoms with E-state index in [9.17, 15) is 0 Å². The standard InChI is InChI=1S/C14H16BrCl2N3/c1-3-7-18-13(14-11(16)8-19-20(14)2)9-5-4-6-10(15)12(9)17/h4-6,8,13,18H,3,7H2,1-2H3. The maximum Gasteiger partial charge on any atom is 0.0837 e. The third kappa shape index (κ3) is 3.19. The van der Waals surface area contributed by atoms with Crippen molar-refractivity contribution in [2.45, 2.75) is 19.4 Å². The average Bonchev–Trinajstić information content (AvgIpc) is 2.75. The normalized spacial score (nSPS) is 12.7. The Morgan fingerprint density at radius 3 is 2.75 bits per heavy atom. The first-order valence-electron chi connectivity index (χ1n) is 6.41. The minimum Gasteiger partial charge on any atom is -0.305 e. The molecule has 1 atom stereocenters. The van der Waals surface area contributed by atoms with Gasteiger partial charge in [0.25, 0.3) is 0 Å². The van der Waals surface area contributed by atoms with Gasteiger partial charge in [-0.2, -0.15) is 5.10 Å². The second-order valence-electron chi connectivity index (χ2n) is 4.53. The average molecular weight is 377 g/mol. The molecule has 0 saturated carbocycles. The van der Waals surface area contributed by atoms with Gasteiger partial charge < -0.3 is 5.32 Å². The molecule has 0 fully saturated rings. The summed E-state index contributed by atoms with van der Waals surface area (Å²) < 4.78 is 2.66. The lowest BCUT2D eigenvalue weighted by Crippen LogP contribution is -2.26. The van der Waals surface area contributed by atoms with Crippen molar-refractivity contribution in [1.29, 1.82) is 0 Å². The van der Waals surface area contributed by atoms with E-state index in [0.29, 0.717) is 10.0 Å². The minimum atomic E-state index is -0.0834. The summed E-state index contributed by atoms with van der Waals surface area (Å²) in [6, 6.07) is 5.81. The van der Waals surface area contributed by atoms with E-state index in [1.165, 1.54) is 0 Å². The Kier molecular flexibility index (Phi) is 5.49. The number of nitrogens with zero attached hydrogens (tertiary/aromatic N) is 2. The van der Waals surface area contributed by atoms with Crippen molar-refractivity contribution >= 4 is 39.1 Å². The van der Waals surface area contributed by atoms with Crippen LogP contribution in [0.25, 0.3) is 0 Å². The van der Waals surface area contributed by atoms with Crippen molar-refractivity contribution in [3.8, 4) is 0 Å². The van der Waals surface area contributed by atoms with E-state index in [0.717, 1.165) is 28.7 Å². The number of aromatic nitrogens is 2. The molecule has 0 aliphatic carbocycles. The lowest BCUT2D eigenvalue weighted by molar-refractivity contribution is 0.554. The van der Waals surface area contributed by atoms with Gasteiger partial charge in [-0.25, -0.2) is 0 Å². The summed E-state index contributed by atoms with van der Waals surface area (Å²) in [5.74, 6) is 0. The molecule has 2 aromatic rings. The number of nitrogens with one attached hydrogen (secondary N) is 1. The zero-order valence-corrected chi connectivity index (χ0v) is 14.4. The lowest BCUT2D eigenvalue weighted by atomic mass is 10.0. The molecule has 0 radical (unpaired) electrons. The molecule has 0 aliphatic rings. The van der Waals surface area contributed by atoms with Gasteiger partial charge in [-0.3, -0.25) is 4.68 Å². The summed E-state index contributed by atoms with van der Waals surface area (Å²) in [5.41, 5.74) is 1.90. The van der Waals surface area contributed by atoms with Gasteiger partial charge in [-0.15, -0.1) is 0 Å². The van der Waals surface area contributed by atoms with Gasteiger partial charge in [0.05, 0.1) is 28.0 Å². The molecule has 1 unspecified atom stereocenters. The predicted molar refractivity (Wildman–Crippen MR) is 87.5 cm³/mol. The second kappa shape index (κ2) is 6.94. The number of halogens is 3. The third-order valence-electron chi connectivity index (χ3n) is 3.10. The number of hydrogen-bond acceptors (Lipinski definition) is 2. The molecule has 1 heterocycles. The van der Waals surface area contributed by atoms with Crippen LogP contribution in [0.2, 0.25) is 10.0 Å². The summed E-state index contributed by atoms with van der Waals surface area (Å²) in [4.78, 5) is 0. The fraction of sp³-hybridized carbons (Fsp3) is 0.357. The monoisotopic (exact) mass is 375 g/mol. The third-order valence-corrected chi connectivity index (χ3v) is 4.70. The Balaban J connectivity index is 2.50. The van der Waals surface area contributed by atoms with Crippen LogP contribution < -0.4 is 5.32 Å². The van der Waals surface area contributed by atoms with Crippen LogP contribution in [-0.2, 0) is 7.05 Å². The van der Waals surface area contributed by atoms with Gasteiger partial charge in [0, 0.05) is 11.5 Å². The lowest BCUT2D eigenvalue weighted by Gasteiger charge is -2.21. The Morgan fingerprint density at radius 1 is 1.40 bits per heavy atom. The Labute approximate surface area is 137 Å². The highest BCUT2D eigenvalue weighted by Crippen LogP contribution is 2.35. The molecule has 0 aliphatic heterocycles. The van der Waals surface area contributed by atoms with Crippen molar-refractivity contribution in [2.24, 2.45) is 7.05 Å². The Morgan fingerprint density at radius 2 is 2.15 bits per heavy atom. The molecule has 3 nitrogen and oxygen atoms in total. The molecule has 6 heteroatoms. The van der Waals surface area contributed by atoms with Crippen molar-refractivity contribution < 1.29 is 0 Å². The Bertz CT molecular complexity index is 579. The van der Waals surface area contributed by atoms with Crippen molar-refractivity contribution in [2.75, 3.05) is 6.54 Å². The Hall–Kier alpha value is -0.550. The summed E-state index contributed by atoms with van der Waals surface area (Å²) in [5, 5.41) is 9.03. The number of rotatable bonds is 5. The van der Waals surface area contributed by atoms with Gasteiger partial charge in [0.15, 0.2) is 0 Å². The van der Waals surface area contributed by atoms with E-state index in [2.05, 4.69) is 33.3 Å². The molecule has 0 amide bonds. The highest BCUT2D eigenvalue weighted by molar-refractivity contribution is 9.10. The van der Waals surface area contributed by atoms with E-state index in [4.69, 9.17) is 23.2 Å². The molecule has 20 heavy (non-hydrogen) atoms.